The number of nitrogens with zero attached hydrogens (tertiary/aromatic N) is 1. The summed E-state index contributed by atoms with van der Waals surface area (Å²) >= 11 is 0. The van der Waals surface area contributed by atoms with Crippen molar-refractivity contribution in [2.75, 3.05) is 23.2 Å². The summed E-state index contributed by atoms with van der Waals surface area (Å²) in [4.78, 5) is 4.08. The van der Waals surface area contributed by atoms with Gasteiger partial charge in [-0.15, -0.1) is 6.58 Å². The number of aliphatic hydroxyl groups excluding tert-OH is 1. The number of nitrogens with one attached hydrogen (secondary N) is 2. The summed E-state index contributed by atoms with van der Waals surface area (Å²) in [5.41, 5.74) is 1.69. The molecule has 2 aromatic carbocycles. The quantitative estimate of drug-likeness (QED) is 0.396. The van der Waals surface area contributed by atoms with Gasteiger partial charge < -0.3 is 15.2 Å². The number of ether oxygens (including phenoxy) is 1. The summed E-state index contributed by atoms with van der Waals surface area (Å²) in [6.45, 7) is 4.12. The lowest BCUT2D eigenvalue weighted by atomic mass is 10.1. The molecule has 0 radical (unpaired) electrons. The van der Waals surface area contributed by atoms with E-state index in [4.69, 9.17) is 4.74 Å². The van der Waals surface area contributed by atoms with Crippen molar-refractivity contribution >= 4 is 21.5 Å². The number of aromatic nitrogens is 1. The number of benzene rings is 2. The normalized spacial score (nSPS) is 12.0. The van der Waals surface area contributed by atoms with Crippen LogP contribution in [-0.4, -0.2) is 37.8 Å². The second-order valence-corrected chi connectivity index (χ2v) is 8.47. The largest absolute Gasteiger partial charge is 0.491 e. The van der Waals surface area contributed by atoms with Gasteiger partial charge in [0.05, 0.1) is 4.90 Å². The average molecular weight is 440 g/mol. The van der Waals surface area contributed by atoms with Gasteiger partial charge >= 0.3 is 0 Å². The molecule has 0 bridgehead atoms. The molecule has 1 atom stereocenters. The SMILES string of the molecule is C=CCc1ccccc1OCC(O)CNc1ccc(S(=O)(=O)Nc2ccccn2)cc1. The highest BCUT2D eigenvalue weighted by atomic mass is 32.2. The summed E-state index contributed by atoms with van der Waals surface area (Å²) in [5.74, 6) is 0.971. The van der Waals surface area contributed by atoms with E-state index in [1.807, 2.05) is 24.3 Å². The molecule has 7 nitrogen and oxygen atoms in total. The number of para-hydroxylation sites is 1. The lowest BCUT2D eigenvalue weighted by Gasteiger charge is -2.16. The molecule has 8 heteroatoms. The number of rotatable bonds is 11. The van der Waals surface area contributed by atoms with Gasteiger partial charge in [0.2, 0.25) is 0 Å². The number of sulfonamides is 1. The standard InChI is InChI=1S/C23H25N3O4S/c1-2-7-18-8-3-4-9-22(18)30-17-20(27)16-25-19-11-13-21(14-12-19)31(28,29)26-23-10-5-6-15-24-23/h2-6,8-15,20,25,27H,1,7,16-17H2,(H,24,26). The first-order chi connectivity index (χ1) is 15.0. The average Bonchev–Trinajstić information content (AvgIpc) is 2.78. The Balaban J connectivity index is 1.51. The molecular weight excluding hydrogens is 414 g/mol. The van der Waals surface area contributed by atoms with E-state index in [2.05, 4.69) is 21.6 Å². The van der Waals surface area contributed by atoms with Crippen LogP contribution in [0, 0.1) is 0 Å². The molecule has 0 fully saturated rings. The van der Waals surface area contributed by atoms with Gasteiger partial charge in [-0.3, -0.25) is 4.72 Å². The van der Waals surface area contributed by atoms with Gasteiger partial charge in [-0.05, 0) is 54.4 Å². The molecule has 0 aliphatic heterocycles. The fourth-order valence-corrected chi connectivity index (χ4v) is 3.83. The van der Waals surface area contributed by atoms with Crippen molar-refractivity contribution in [2.24, 2.45) is 0 Å². The third-order valence-electron chi connectivity index (χ3n) is 4.38. The summed E-state index contributed by atoms with van der Waals surface area (Å²) in [5, 5.41) is 13.3. The number of hydrogen-bond acceptors (Lipinski definition) is 6. The van der Waals surface area contributed by atoms with Crippen molar-refractivity contribution in [3.8, 4) is 5.75 Å². The molecule has 0 spiro atoms. The molecule has 162 valence electrons. The van der Waals surface area contributed by atoms with E-state index in [1.165, 1.54) is 18.3 Å². The van der Waals surface area contributed by atoms with Crippen molar-refractivity contribution in [2.45, 2.75) is 17.4 Å². The maximum Gasteiger partial charge on any atom is 0.263 e. The van der Waals surface area contributed by atoms with Gasteiger partial charge in [0.1, 0.15) is 24.3 Å². The van der Waals surface area contributed by atoms with E-state index in [-0.39, 0.29) is 23.9 Å². The fraction of sp³-hybridized carbons (Fsp3) is 0.174. The van der Waals surface area contributed by atoms with Gasteiger partial charge in [0.25, 0.3) is 10.0 Å². The summed E-state index contributed by atoms with van der Waals surface area (Å²) in [6.07, 6.45) is 3.26. The highest BCUT2D eigenvalue weighted by Gasteiger charge is 2.15. The number of anilines is 2. The van der Waals surface area contributed by atoms with Crippen LogP contribution in [0.4, 0.5) is 11.5 Å². The van der Waals surface area contributed by atoms with Crippen LogP contribution in [0.2, 0.25) is 0 Å². The summed E-state index contributed by atoms with van der Waals surface area (Å²) < 4.78 is 33.0. The topological polar surface area (TPSA) is 101 Å². The summed E-state index contributed by atoms with van der Waals surface area (Å²) in [7, 11) is -3.73. The van der Waals surface area contributed by atoms with E-state index in [0.717, 1.165) is 11.3 Å². The van der Waals surface area contributed by atoms with Gasteiger partial charge in [0, 0.05) is 18.4 Å². The van der Waals surface area contributed by atoms with Crippen LogP contribution in [0.15, 0.2) is 90.5 Å². The second-order valence-electron chi connectivity index (χ2n) is 6.79. The predicted octanol–water partition coefficient (Wildman–Crippen LogP) is 3.46. The minimum absolute atomic E-state index is 0.117. The Morgan fingerprint density at radius 3 is 2.52 bits per heavy atom. The fourth-order valence-electron chi connectivity index (χ4n) is 2.82. The predicted molar refractivity (Wildman–Crippen MR) is 122 cm³/mol. The van der Waals surface area contributed by atoms with Crippen LogP contribution in [0.5, 0.6) is 5.75 Å². The zero-order valence-electron chi connectivity index (χ0n) is 16.9. The van der Waals surface area contributed by atoms with Crippen molar-refractivity contribution in [3.63, 3.8) is 0 Å². The molecule has 0 amide bonds. The highest BCUT2D eigenvalue weighted by Crippen LogP contribution is 2.19. The molecule has 3 rings (SSSR count). The zero-order chi connectivity index (χ0) is 22.1. The maximum absolute atomic E-state index is 12.4. The number of hydrogen-bond donors (Lipinski definition) is 3. The third-order valence-corrected chi connectivity index (χ3v) is 5.75. The monoisotopic (exact) mass is 439 g/mol. The Morgan fingerprint density at radius 2 is 1.81 bits per heavy atom. The van der Waals surface area contributed by atoms with Gasteiger partial charge in [-0.2, -0.15) is 0 Å². The molecule has 1 aromatic heterocycles. The molecule has 3 N–H and O–H groups in total. The van der Waals surface area contributed by atoms with Crippen LogP contribution in [-0.2, 0) is 16.4 Å². The van der Waals surface area contributed by atoms with E-state index in [1.54, 1.807) is 36.4 Å². The molecule has 0 aliphatic rings. The van der Waals surface area contributed by atoms with E-state index in [9.17, 15) is 13.5 Å². The molecule has 1 unspecified atom stereocenters. The molecule has 31 heavy (non-hydrogen) atoms. The van der Waals surface area contributed by atoms with Crippen LogP contribution in [0.3, 0.4) is 0 Å². The minimum Gasteiger partial charge on any atom is -0.491 e. The molecule has 3 aromatic rings. The zero-order valence-corrected chi connectivity index (χ0v) is 17.8. The van der Waals surface area contributed by atoms with Gasteiger partial charge in [0.15, 0.2) is 0 Å². The smallest absolute Gasteiger partial charge is 0.263 e. The lowest BCUT2D eigenvalue weighted by Crippen LogP contribution is -2.26. The van der Waals surface area contributed by atoms with E-state index >= 15 is 0 Å². The van der Waals surface area contributed by atoms with Crippen LogP contribution >= 0.6 is 0 Å². The van der Waals surface area contributed by atoms with Crippen molar-refractivity contribution in [1.29, 1.82) is 0 Å². The Morgan fingerprint density at radius 1 is 1.06 bits per heavy atom. The first-order valence-corrected chi connectivity index (χ1v) is 11.2. The van der Waals surface area contributed by atoms with Gasteiger partial charge in [-0.25, -0.2) is 13.4 Å². The number of pyridine rings is 1. The van der Waals surface area contributed by atoms with E-state index < -0.39 is 16.1 Å². The maximum atomic E-state index is 12.4. The number of aliphatic hydroxyl groups is 1. The minimum atomic E-state index is -3.73. The Hall–Kier alpha value is -3.36. The Labute approximate surface area is 182 Å². The lowest BCUT2D eigenvalue weighted by molar-refractivity contribution is 0.117. The van der Waals surface area contributed by atoms with E-state index in [0.29, 0.717) is 12.1 Å². The summed E-state index contributed by atoms with van der Waals surface area (Å²) in [6, 6.07) is 18.9. The molecule has 0 saturated heterocycles. The van der Waals surface area contributed by atoms with Crippen LogP contribution < -0.4 is 14.8 Å². The Kier molecular flexibility index (Phi) is 7.64. The van der Waals surface area contributed by atoms with Crippen LogP contribution in [0.1, 0.15) is 5.56 Å². The van der Waals surface area contributed by atoms with Crippen molar-refractivity contribution in [1.82, 2.24) is 4.98 Å². The third kappa shape index (κ3) is 6.56. The second kappa shape index (κ2) is 10.6. The molecular formula is C23H25N3O4S. The number of allylic oxidation sites excluding steroid dienone is 1. The molecule has 0 aliphatic carbocycles. The molecule has 1 heterocycles. The highest BCUT2D eigenvalue weighted by molar-refractivity contribution is 7.92. The van der Waals surface area contributed by atoms with Crippen LogP contribution in [0.25, 0.3) is 0 Å². The molecule has 0 saturated carbocycles. The first kappa shape index (κ1) is 22.3. The van der Waals surface area contributed by atoms with Crippen molar-refractivity contribution in [3.05, 3.63) is 91.1 Å². The Bertz CT molecular complexity index is 1090. The van der Waals surface area contributed by atoms with Gasteiger partial charge in [-0.1, -0.05) is 30.3 Å². The van der Waals surface area contributed by atoms with Crippen molar-refractivity contribution < 1.29 is 18.3 Å². The first-order valence-electron chi connectivity index (χ1n) is 9.75.